The number of hydrogen-bond donors (Lipinski definition) is 2. The fourth-order valence-electron chi connectivity index (χ4n) is 1.98. The highest BCUT2D eigenvalue weighted by Crippen LogP contribution is 2.22. The first-order chi connectivity index (χ1) is 11.1. The van der Waals surface area contributed by atoms with E-state index in [0.29, 0.717) is 22.2 Å². The van der Waals surface area contributed by atoms with Crippen molar-refractivity contribution in [2.24, 2.45) is 0 Å². The number of hydrogen-bond acceptors (Lipinski definition) is 4. The van der Waals surface area contributed by atoms with Gasteiger partial charge >= 0.3 is 11.7 Å². The van der Waals surface area contributed by atoms with Crippen molar-refractivity contribution in [3.05, 3.63) is 39.8 Å². The third-order valence-corrected chi connectivity index (χ3v) is 3.50. The minimum absolute atomic E-state index is 0.0405. The highest BCUT2D eigenvalue weighted by molar-refractivity contribution is 6.30. The van der Waals surface area contributed by atoms with Crippen molar-refractivity contribution in [1.82, 2.24) is 14.3 Å². The maximum atomic E-state index is 13.2. The van der Waals surface area contributed by atoms with Gasteiger partial charge in [0, 0.05) is 17.5 Å². The van der Waals surface area contributed by atoms with Crippen LogP contribution in [0.2, 0.25) is 5.02 Å². The van der Waals surface area contributed by atoms with E-state index in [1.54, 1.807) is 0 Å². The van der Waals surface area contributed by atoms with Crippen LogP contribution < -0.4 is 5.69 Å². The summed E-state index contributed by atoms with van der Waals surface area (Å²) in [5.41, 5.74) is -0.544. The number of aliphatic hydroxyl groups excluding tert-OH is 1. The second kappa shape index (κ2) is 6.70. The Morgan fingerprint density at radius 1 is 1.38 bits per heavy atom. The van der Waals surface area contributed by atoms with Crippen LogP contribution in [0.4, 0.5) is 8.78 Å². The van der Waals surface area contributed by atoms with Crippen molar-refractivity contribution in [1.29, 1.82) is 0 Å². The molecule has 10 heteroatoms. The number of benzene rings is 1. The number of nitrogens with zero attached hydrogens (tertiary/aromatic N) is 3. The van der Waals surface area contributed by atoms with Crippen LogP contribution in [0.5, 0.6) is 0 Å². The van der Waals surface area contributed by atoms with Crippen LogP contribution in [-0.2, 0) is 17.9 Å². The number of halogens is 3. The molecule has 130 valence electrons. The van der Waals surface area contributed by atoms with Crippen molar-refractivity contribution in [3.8, 4) is 11.4 Å². The SMILES string of the molecule is CC(F)(F)[C@@H](O)Cn1c(-c2ccc(Cl)cc2)nn(CC(=O)O)c1=O. The molecule has 0 saturated carbocycles. The molecule has 0 aliphatic heterocycles. The lowest BCUT2D eigenvalue weighted by atomic mass is 10.2. The first-order valence-corrected chi connectivity index (χ1v) is 7.18. The number of carboxylic acids is 1. The highest BCUT2D eigenvalue weighted by Gasteiger charge is 2.34. The topological polar surface area (TPSA) is 97.3 Å². The monoisotopic (exact) mass is 361 g/mol. The Labute approximate surface area is 139 Å². The van der Waals surface area contributed by atoms with E-state index in [0.717, 1.165) is 4.57 Å². The van der Waals surface area contributed by atoms with E-state index in [2.05, 4.69) is 5.10 Å². The summed E-state index contributed by atoms with van der Waals surface area (Å²) in [6, 6.07) is 6.02. The Balaban J connectivity index is 2.53. The van der Waals surface area contributed by atoms with Gasteiger partial charge < -0.3 is 10.2 Å². The minimum atomic E-state index is -3.44. The van der Waals surface area contributed by atoms with Crippen molar-refractivity contribution in [2.75, 3.05) is 0 Å². The lowest BCUT2D eigenvalue weighted by molar-refractivity contribution is -0.138. The number of rotatable bonds is 6. The molecule has 0 bridgehead atoms. The van der Waals surface area contributed by atoms with Gasteiger partial charge in [0.25, 0.3) is 5.92 Å². The normalized spacial score (nSPS) is 13.0. The Morgan fingerprint density at radius 3 is 2.46 bits per heavy atom. The van der Waals surface area contributed by atoms with Crippen LogP contribution in [0.1, 0.15) is 6.92 Å². The molecule has 0 aliphatic carbocycles. The summed E-state index contributed by atoms with van der Waals surface area (Å²) in [5.74, 6) is -4.79. The van der Waals surface area contributed by atoms with Crippen LogP contribution >= 0.6 is 11.6 Å². The molecule has 1 heterocycles. The predicted octanol–water partition coefficient (Wildman–Crippen LogP) is 1.47. The van der Waals surface area contributed by atoms with E-state index >= 15 is 0 Å². The molecule has 1 aromatic carbocycles. The second-order valence-electron chi connectivity index (χ2n) is 5.25. The molecule has 2 rings (SSSR count). The highest BCUT2D eigenvalue weighted by atomic mass is 35.5. The van der Waals surface area contributed by atoms with Gasteiger partial charge in [-0.3, -0.25) is 9.36 Å². The van der Waals surface area contributed by atoms with Crippen LogP contribution in [0, 0.1) is 0 Å². The van der Waals surface area contributed by atoms with Gasteiger partial charge in [-0.25, -0.2) is 18.3 Å². The molecule has 1 aromatic heterocycles. The van der Waals surface area contributed by atoms with E-state index in [-0.39, 0.29) is 5.82 Å². The Hall–Kier alpha value is -2.26. The van der Waals surface area contributed by atoms with Gasteiger partial charge in [-0.05, 0) is 24.3 Å². The average Bonchev–Trinajstić information content (AvgIpc) is 2.76. The molecule has 24 heavy (non-hydrogen) atoms. The van der Waals surface area contributed by atoms with Gasteiger partial charge in [0.1, 0.15) is 12.6 Å². The molecule has 1 atom stereocenters. The quantitative estimate of drug-likeness (QED) is 0.812. The lowest BCUT2D eigenvalue weighted by Crippen LogP contribution is -2.38. The molecule has 0 saturated heterocycles. The Kier molecular flexibility index (Phi) is 5.05. The zero-order valence-electron chi connectivity index (χ0n) is 12.5. The van der Waals surface area contributed by atoms with E-state index in [9.17, 15) is 23.5 Å². The molecule has 0 radical (unpaired) electrons. The zero-order chi connectivity index (χ0) is 18.1. The summed E-state index contributed by atoms with van der Waals surface area (Å²) in [6.45, 7) is -0.947. The summed E-state index contributed by atoms with van der Waals surface area (Å²) in [4.78, 5) is 23.1. The van der Waals surface area contributed by atoms with Crippen molar-refractivity contribution >= 4 is 17.6 Å². The fraction of sp³-hybridized carbons (Fsp3) is 0.357. The number of carboxylic acid groups (broad SMARTS) is 1. The van der Waals surface area contributed by atoms with Gasteiger partial charge in [-0.2, -0.15) is 0 Å². The Morgan fingerprint density at radius 2 is 1.96 bits per heavy atom. The van der Waals surface area contributed by atoms with Crippen molar-refractivity contribution in [2.45, 2.75) is 32.0 Å². The van der Waals surface area contributed by atoms with Gasteiger partial charge in [-0.1, -0.05) is 11.6 Å². The van der Waals surface area contributed by atoms with Gasteiger partial charge in [0.05, 0.1) is 6.54 Å². The smallest absolute Gasteiger partial charge is 0.346 e. The third kappa shape index (κ3) is 3.98. The molecular weight excluding hydrogens is 348 g/mol. The third-order valence-electron chi connectivity index (χ3n) is 3.25. The van der Waals surface area contributed by atoms with E-state index in [1.807, 2.05) is 0 Å². The Bertz CT molecular complexity index is 796. The largest absolute Gasteiger partial charge is 0.480 e. The maximum Gasteiger partial charge on any atom is 0.346 e. The standard InChI is InChI=1S/C14H14ClF2N3O4/c1-14(16,17)10(21)6-19-12(8-2-4-9(15)5-3-8)18-20(13(19)24)7-11(22)23/h2-5,10,21H,6-7H2,1H3,(H,22,23)/t10-/m0/s1. The van der Waals surface area contributed by atoms with Crippen molar-refractivity contribution < 1.29 is 23.8 Å². The van der Waals surface area contributed by atoms with Crippen molar-refractivity contribution in [3.63, 3.8) is 0 Å². The number of aliphatic carboxylic acids is 1. The predicted molar refractivity (Wildman–Crippen MR) is 81.2 cm³/mol. The van der Waals surface area contributed by atoms with E-state index in [4.69, 9.17) is 16.7 Å². The molecule has 2 aromatic rings. The molecule has 0 fully saturated rings. The first kappa shape index (κ1) is 18.1. The van der Waals surface area contributed by atoms with Gasteiger partial charge in [0.2, 0.25) is 0 Å². The second-order valence-corrected chi connectivity index (χ2v) is 5.68. The number of aromatic nitrogens is 3. The van der Waals surface area contributed by atoms with Crippen LogP contribution in [-0.4, -0.2) is 42.6 Å². The summed E-state index contributed by atoms with van der Waals surface area (Å²) in [7, 11) is 0. The minimum Gasteiger partial charge on any atom is -0.480 e. The molecular formula is C14H14ClF2N3O4. The molecule has 2 N–H and O–H groups in total. The van der Waals surface area contributed by atoms with E-state index in [1.165, 1.54) is 24.3 Å². The van der Waals surface area contributed by atoms with Gasteiger partial charge in [-0.15, -0.1) is 5.10 Å². The van der Waals surface area contributed by atoms with Crippen LogP contribution in [0.15, 0.2) is 29.1 Å². The molecule has 0 spiro atoms. The number of aliphatic hydroxyl groups is 1. The van der Waals surface area contributed by atoms with Gasteiger partial charge in [0.15, 0.2) is 5.82 Å². The number of carbonyl (C=O) groups is 1. The molecule has 7 nitrogen and oxygen atoms in total. The summed E-state index contributed by atoms with van der Waals surface area (Å²) >= 11 is 5.78. The fourth-order valence-corrected chi connectivity index (χ4v) is 2.11. The number of alkyl halides is 2. The van der Waals surface area contributed by atoms with Crippen LogP contribution in [0.25, 0.3) is 11.4 Å². The van der Waals surface area contributed by atoms with E-state index < -0.39 is 36.8 Å². The van der Waals surface area contributed by atoms with Crippen LogP contribution in [0.3, 0.4) is 0 Å². The summed E-state index contributed by atoms with van der Waals surface area (Å²) < 4.78 is 27.9. The summed E-state index contributed by atoms with van der Waals surface area (Å²) in [5, 5.41) is 22.7. The summed E-state index contributed by atoms with van der Waals surface area (Å²) in [6.07, 6.45) is -2.14. The first-order valence-electron chi connectivity index (χ1n) is 6.81. The lowest BCUT2D eigenvalue weighted by Gasteiger charge is -2.18. The maximum absolute atomic E-state index is 13.2. The average molecular weight is 362 g/mol. The molecule has 0 unspecified atom stereocenters. The zero-order valence-corrected chi connectivity index (χ0v) is 13.2. The molecule has 0 aliphatic rings. The molecule has 0 amide bonds.